The summed E-state index contributed by atoms with van der Waals surface area (Å²) < 4.78 is 44.5. The van der Waals surface area contributed by atoms with Crippen LogP contribution >= 0.6 is 22.4 Å². The lowest BCUT2D eigenvalue weighted by Crippen LogP contribution is -2.58. The zero-order chi connectivity index (χ0) is 32.4. The largest absolute Gasteiger partial charge is 0.465 e. The molecule has 248 valence electrons. The van der Waals surface area contributed by atoms with Gasteiger partial charge in [0.2, 0.25) is 5.91 Å². The van der Waals surface area contributed by atoms with E-state index in [4.69, 9.17) is 16.3 Å². The number of carbonyl (C=O) groups is 2. The van der Waals surface area contributed by atoms with Crippen LogP contribution in [0.15, 0.2) is 42.5 Å². The van der Waals surface area contributed by atoms with Crippen molar-refractivity contribution in [2.45, 2.75) is 81.0 Å². The Morgan fingerprint density at radius 3 is 2.58 bits per heavy atom. The highest BCUT2D eigenvalue weighted by atomic mass is 35.5. The number of nitrogens with zero attached hydrogens (tertiary/aromatic N) is 2. The van der Waals surface area contributed by atoms with Crippen molar-refractivity contribution in [1.29, 1.82) is 0 Å². The van der Waals surface area contributed by atoms with Gasteiger partial charge < -0.3 is 20.5 Å². The van der Waals surface area contributed by atoms with Crippen molar-refractivity contribution in [3.8, 4) is 0 Å². The van der Waals surface area contributed by atoms with Crippen LogP contribution in [-0.2, 0) is 21.4 Å². The van der Waals surface area contributed by atoms with Crippen LogP contribution in [-0.4, -0.2) is 92.6 Å². The van der Waals surface area contributed by atoms with Gasteiger partial charge in [-0.25, -0.2) is 13.5 Å². The number of hydrogen-bond donors (Lipinski definition) is 5. The molecule has 2 amide bonds. The minimum Gasteiger partial charge on any atom is -0.465 e. The molecule has 3 aliphatic rings. The molecule has 10 nitrogen and oxygen atoms in total. The number of fused-ring (bicyclic) bond motifs is 2. The zero-order valence-electron chi connectivity index (χ0n) is 25.8. The van der Waals surface area contributed by atoms with Gasteiger partial charge in [0.25, 0.3) is 0 Å². The van der Waals surface area contributed by atoms with Gasteiger partial charge in [-0.2, -0.15) is 0 Å². The number of piperazine rings is 1. The van der Waals surface area contributed by atoms with Gasteiger partial charge in [-0.3, -0.25) is 18.8 Å². The highest BCUT2D eigenvalue weighted by molar-refractivity contribution is 8.22. The van der Waals surface area contributed by atoms with E-state index in [-0.39, 0.29) is 30.3 Å². The Morgan fingerprint density at radius 1 is 1.20 bits per heavy atom. The van der Waals surface area contributed by atoms with E-state index in [9.17, 15) is 23.8 Å². The second-order valence-corrected chi connectivity index (χ2v) is 15.1. The van der Waals surface area contributed by atoms with Gasteiger partial charge in [0.1, 0.15) is 11.9 Å². The van der Waals surface area contributed by atoms with Crippen molar-refractivity contribution < 1.29 is 32.9 Å². The molecule has 1 unspecified atom stereocenters. The van der Waals surface area contributed by atoms with E-state index in [1.165, 1.54) is 19.2 Å². The lowest BCUT2D eigenvalue weighted by Gasteiger charge is -2.49. The molecule has 0 radical (unpaired) electrons. The molecule has 45 heavy (non-hydrogen) atoms. The third-order valence-corrected chi connectivity index (χ3v) is 12.2. The summed E-state index contributed by atoms with van der Waals surface area (Å²) in [4.78, 5) is 27.8. The first-order chi connectivity index (χ1) is 21.4. The Kier molecular flexibility index (Phi) is 10.6. The Morgan fingerprint density at radius 2 is 1.91 bits per heavy atom. The summed E-state index contributed by atoms with van der Waals surface area (Å²) in [5.74, 6) is -0.726. The maximum atomic E-state index is 15.4. The summed E-state index contributed by atoms with van der Waals surface area (Å²) in [5.41, 5.74) is 0.480. The van der Waals surface area contributed by atoms with Gasteiger partial charge in [0.05, 0.1) is 11.9 Å². The van der Waals surface area contributed by atoms with E-state index in [1.807, 2.05) is 12.1 Å². The molecule has 2 bridgehead atoms. The van der Waals surface area contributed by atoms with E-state index < -0.39 is 40.1 Å². The second-order valence-electron chi connectivity index (χ2n) is 12.5. The van der Waals surface area contributed by atoms with Gasteiger partial charge in [0.15, 0.2) is 0 Å². The predicted octanol–water partition coefficient (Wildman–Crippen LogP) is 5.96. The molecule has 2 aromatic carbocycles. The van der Waals surface area contributed by atoms with Crippen molar-refractivity contribution in [3.63, 3.8) is 0 Å². The topological polar surface area (TPSA) is 135 Å². The number of anilines is 1. The molecule has 2 aromatic rings. The number of hydrogen-bond acceptors (Lipinski definition) is 7. The van der Waals surface area contributed by atoms with E-state index in [0.29, 0.717) is 61.5 Å². The molecule has 1 saturated carbocycles. The normalized spacial score (nSPS) is 29.2. The third kappa shape index (κ3) is 7.27. The average molecular weight is 667 g/mol. The van der Waals surface area contributed by atoms with Crippen LogP contribution in [0.4, 0.5) is 14.9 Å². The summed E-state index contributed by atoms with van der Waals surface area (Å²) in [7, 11) is 0.123. The molecule has 0 aromatic heterocycles. The van der Waals surface area contributed by atoms with Crippen LogP contribution in [0.3, 0.4) is 0 Å². The third-order valence-electron chi connectivity index (χ3n) is 9.94. The molecule has 4 atom stereocenters. The van der Waals surface area contributed by atoms with Crippen LogP contribution in [0.25, 0.3) is 0 Å². The number of amides is 2. The van der Waals surface area contributed by atoms with Gasteiger partial charge in [-0.05, 0) is 81.2 Å². The highest BCUT2D eigenvalue weighted by Crippen LogP contribution is 2.49. The molecule has 13 heteroatoms. The Bertz CT molecular complexity index is 1360. The molecule has 1 aliphatic carbocycles. The van der Waals surface area contributed by atoms with Crippen molar-refractivity contribution in [2.24, 2.45) is 0 Å². The van der Waals surface area contributed by atoms with E-state index in [1.54, 1.807) is 29.6 Å². The number of carbonyl (C=O) groups excluding carboxylic acids is 1. The van der Waals surface area contributed by atoms with Gasteiger partial charge in [0, 0.05) is 61.0 Å². The van der Waals surface area contributed by atoms with Crippen LogP contribution in [0, 0.1) is 5.82 Å². The van der Waals surface area contributed by atoms with E-state index >= 15 is 4.39 Å². The van der Waals surface area contributed by atoms with Crippen LogP contribution < -0.4 is 10.6 Å². The number of ether oxygens (including phenoxy) is 1. The number of likely N-dealkylation sites (N-methyl/N-ethyl adjacent to an activating group) is 1. The zero-order valence-corrected chi connectivity index (χ0v) is 27.3. The Balaban J connectivity index is 1.43. The number of nitrogens with one attached hydrogen (secondary N) is 2. The lowest BCUT2D eigenvalue weighted by atomic mass is 9.63. The fourth-order valence-electron chi connectivity index (χ4n) is 7.47. The first-order valence-corrected chi connectivity index (χ1v) is 17.6. The summed E-state index contributed by atoms with van der Waals surface area (Å²) in [5, 5.41) is 17.1. The molecular weight excluding hydrogens is 623 g/mol. The summed E-state index contributed by atoms with van der Waals surface area (Å²) in [6.45, 7) is 1.07. The standard InChI is InChI=1S/C32H44ClFN4O6S/c1-37(31(40)41)29(32(16-14-25(44-2)15-17-32)21-8-10-22(33)11-9-21)30(39)36-28-7-3-6-27(34)26(28)13-12-24-19-35-23-5-4-18-45(42,43)38(24)20-23/h3,6-11,23-25,29,35,42-43H,4-5,12-20H2,1-2H3,(H,36,39)(H,40,41)/t23-,24+,25?,29-,32?/m1/s1. The number of methoxy groups -OCH3 is 1. The first kappa shape index (κ1) is 33.9. The van der Waals surface area contributed by atoms with Gasteiger partial charge in [-0.15, -0.1) is 10.8 Å². The molecule has 3 fully saturated rings. The number of carboxylic acid groups (broad SMARTS) is 1. The molecule has 5 N–H and O–H groups in total. The highest BCUT2D eigenvalue weighted by Gasteiger charge is 2.50. The number of benzene rings is 2. The molecule has 5 rings (SSSR count). The maximum absolute atomic E-state index is 15.4. The minimum absolute atomic E-state index is 0.00809. The maximum Gasteiger partial charge on any atom is 0.407 e. The number of rotatable bonds is 9. The van der Waals surface area contributed by atoms with Crippen LogP contribution in [0.5, 0.6) is 0 Å². The fourth-order valence-corrected chi connectivity index (χ4v) is 9.46. The van der Waals surface area contributed by atoms with Gasteiger partial charge >= 0.3 is 6.09 Å². The predicted molar refractivity (Wildman–Crippen MR) is 175 cm³/mol. The molecule has 2 heterocycles. The van der Waals surface area contributed by atoms with Crippen molar-refractivity contribution in [3.05, 3.63) is 64.4 Å². The average Bonchev–Trinajstić information content (AvgIpc) is 3.13. The molecule has 0 spiro atoms. The van der Waals surface area contributed by atoms with Crippen molar-refractivity contribution in [1.82, 2.24) is 14.5 Å². The van der Waals surface area contributed by atoms with Crippen molar-refractivity contribution >= 4 is 40.1 Å². The van der Waals surface area contributed by atoms with Gasteiger partial charge in [-0.1, -0.05) is 29.8 Å². The number of halogens is 2. The van der Waals surface area contributed by atoms with E-state index in [2.05, 4.69) is 10.6 Å². The summed E-state index contributed by atoms with van der Waals surface area (Å²) in [6, 6.07) is 10.5. The molecule has 2 saturated heterocycles. The van der Waals surface area contributed by atoms with Crippen LogP contribution in [0.1, 0.15) is 56.1 Å². The van der Waals surface area contributed by atoms with Crippen LogP contribution in [0.2, 0.25) is 5.02 Å². The monoisotopic (exact) mass is 666 g/mol. The Hall–Kier alpha value is -2.45. The molecular formula is C32H44ClFN4O6S. The fraction of sp³-hybridized carbons (Fsp3) is 0.562. The SMILES string of the molecule is COC1CCC(c2ccc(Cl)cc2)([C@@H](C(=O)Nc2cccc(F)c2CC[C@H]2CN[C@@H]3CCCS(O)(O)N2C3)N(C)C(=O)O)CC1. The first-order valence-electron chi connectivity index (χ1n) is 15.5. The lowest BCUT2D eigenvalue weighted by molar-refractivity contribution is -0.124. The minimum atomic E-state index is -2.92. The second kappa shape index (κ2) is 14.1. The molecule has 2 aliphatic heterocycles. The summed E-state index contributed by atoms with van der Waals surface area (Å²) >= 11 is 6.20. The Labute approximate surface area is 270 Å². The smallest absolute Gasteiger partial charge is 0.407 e. The quantitative estimate of drug-likeness (QED) is 0.221. The van der Waals surface area contributed by atoms with Crippen molar-refractivity contribution in [2.75, 3.05) is 38.3 Å². The van der Waals surface area contributed by atoms with E-state index in [0.717, 1.165) is 23.3 Å². The summed E-state index contributed by atoms with van der Waals surface area (Å²) in [6.07, 6.45) is 3.27.